The molecule has 0 fully saturated rings. The summed E-state index contributed by atoms with van der Waals surface area (Å²) in [5.41, 5.74) is 12.5. The monoisotopic (exact) mass is 346 g/mol. The van der Waals surface area contributed by atoms with Gasteiger partial charge in [-0.15, -0.1) is 23.7 Å². The van der Waals surface area contributed by atoms with E-state index in [2.05, 4.69) is 0 Å². The van der Waals surface area contributed by atoms with Crippen molar-refractivity contribution in [2.75, 3.05) is 0 Å². The largest absolute Gasteiger partial charge is 0.455 e. The maximum atomic E-state index is 7.44. The summed E-state index contributed by atoms with van der Waals surface area (Å²) in [7, 11) is 0. The molecule has 1 aromatic carbocycles. The fourth-order valence-corrected chi connectivity index (χ4v) is 2.88. The van der Waals surface area contributed by atoms with E-state index in [1.807, 2.05) is 36.4 Å². The summed E-state index contributed by atoms with van der Waals surface area (Å²) in [6.07, 6.45) is 0. The van der Waals surface area contributed by atoms with Crippen LogP contribution in [-0.4, -0.2) is 11.7 Å². The normalized spacial score (nSPS) is 10.1. The Bertz CT molecular complexity index is 851. The third-order valence-corrected chi connectivity index (χ3v) is 4.33. The molecule has 7 heteroatoms. The minimum atomic E-state index is 0. The predicted molar refractivity (Wildman–Crippen MR) is 96.7 cm³/mol. The van der Waals surface area contributed by atoms with Crippen LogP contribution in [0.3, 0.4) is 0 Å². The fraction of sp³-hybridized carbons (Fsp3) is 0. The van der Waals surface area contributed by atoms with Crippen LogP contribution in [0.25, 0.3) is 22.0 Å². The standard InChI is InChI=1S/C16H14N4OS.ClH/c17-15(18)10-3-1-9(2-4-10)11-5-6-12(21-11)13-7-8-14(22-13)16(19)20;/h1-8H,(H3,17,18)(H3,19,20);1H. The van der Waals surface area contributed by atoms with Crippen molar-refractivity contribution in [2.45, 2.75) is 0 Å². The van der Waals surface area contributed by atoms with Gasteiger partial charge < -0.3 is 15.9 Å². The molecule has 0 amide bonds. The van der Waals surface area contributed by atoms with E-state index in [0.717, 1.165) is 26.8 Å². The van der Waals surface area contributed by atoms with Gasteiger partial charge in [0.2, 0.25) is 0 Å². The molecule has 0 aliphatic rings. The van der Waals surface area contributed by atoms with Crippen LogP contribution in [-0.2, 0) is 0 Å². The van der Waals surface area contributed by atoms with Crippen molar-refractivity contribution >= 4 is 35.4 Å². The van der Waals surface area contributed by atoms with Crippen LogP contribution < -0.4 is 11.5 Å². The second kappa shape index (κ2) is 6.68. The molecule has 0 spiro atoms. The highest BCUT2D eigenvalue weighted by molar-refractivity contribution is 7.17. The molecular formula is C16H15ClN4OS. The van der Waals surface area contributed by atoms with Crippen molar-refractivity contribution in [3.05, 3.63) is 59.0 Å². The summed E-state index contributed by atoms with van der Waals surface area (Å²) in [5.74, 6) is 1.58. The van der Waals surface area contributed by atoms with Crippen molar-refractivity contribution in [1.29, 1.82) is 10.8 Å². The van der Waals surface area contributed by atoms with E-state index in [-0.39, 0.29) is 24.1 Å². The fourth-order valence-electron chi connectivity index (χ4n) is 2.05. The minimum Gasteiger partial charge on any atom is -0.455 e. The molecule has 2 heterocycles. The van der Waals surface area contributed by atoms with E-state index in [0.29, 0.717) is 5.56 Å². The second-order valence-electron chi connectivity index (χ2n) is 4.73. The van der Waals surface area contributed by atoms with Gasteiger partial charge in [-0.3, -0.25) is 10.8 Å². The quantitative estimate of drug-likeness (QED) is 0.427. The Balaban J connectivity index is 0.00000192. The van der Waals surface area contributed by atoms with Gasteiger partial charge in [-0.1, -0.05) is 24.3 Å². The summed E-state index contributed by atoms with van der Waals surface area (Å²) in [5, 5.41) is 14.8. The molecule has 118 valence electrons. The SMILES string of the molecule is Cl.N=C(N)c1ccc(-c2ccc(-c3ccc(C(=N)N)s3)o2)cc1. The Morgan fingerprint density at radius 1 is 0.826 bits per heavy atom. The molecule has 5 nitrogen and oxygen atoms in total. The van der Waals surface area contributed by atoms with Gasteiger partial charge in [0, 0.05) is 11.1 Å². The lowest BCUT2D eigenvalue weighted by molar-refractivity contribution is 0.599. The number of hydrogen-bond donors (Lipinski definition) is 4. The zero-order valence-electron chi connectivity index (χ0n) is 12.0. The van der Waals surface area contributed by atoms with Crippen molar-refractivity contribution in [2.24, 2.45) is 11.5 Å². The Kier molecular flexibility index (Phi) is 4.88. The van der Waals surface area contributed by atoms with Crippen molar-refractivity contribution in [3.8, 4) is 22.0 Å². The van der Waals surface area contributed by atoms with Crippen LogP contribution in [0.1, 0.15) is 10.4 Å². The molecule has 3 aromatic rings. The molecule has 0 saturated heterocycles. The van der Waals surface area contributed by atoms with Gasteiger partial charge in [-0.05, 0) is 24.3 Å². The number of halogens is 1. The molecular weight excluding hydrogens is 332 g/mol. The molecule has 23 heavy (non-hydrogen) atoms. The predicted octanol–water partition coefficient (Wildman–Crippen LogP) is 3.67. The Morgan fingerprint density at radius 3 is 2.04 bits per heavy atom. The van der Waals surface area contributed by atoms with Crippen LogP contribution in [0, 0.1) is 10.8 Å². The maximum absolute atomic E-state index is 7.44. The van der Waals surface area contributed by atoms with Crippen molar-refractivity contribution < 1.29 is 4.42 Å². The number of furan rings is 1. The van der Waals surface area contributed by atoms with Crippen LogP contribution in [0.5, 0.6) is 0 Å². The first kappa shape index (κ1) is 16.8. The molecule has 0 bridgehead atoms. The van der Waals surface area contributed by atoms with Crippen molar-refractivity contribution in [1.82, 2.24) is 0 Å². The van der Waals surface area contributed by atoms with Gasteiger partial charge in [0.05, 0.1) is 9.75 Å². The molecule has 0 atom stereocenters. The average molecular weight is 347 g/mol. The lowest BCUT2D eigenvalue weighted by atomic mass is 10.1. The minimum absolute atomic E-state index is 0. The third kappa shape index (κ3) is 3.44. The van der Waals surface area contributed by atoms with Crippen LogP contribution in [0.15, 0.2) is 52.9 Å². The average Bonchev–Trinajstić information content (AvgIpc) is 3.16. The highest BCUT2D eigenvalue weighted by atomic mass is 35.5. The van der Waals surface area contributed by atoms with Gasteiger partial charge >= 0.3 is 0 Å². The van der Waals surface area contributed by atoms with Crippen LogP contribution in [0.4, 0.5) is 0 Å². The first-order chi connectivity index (χ1) is 10.5. The van der Waals surface area contributed by atoms with Crippen LogP contribution >= 0.6 is 23.7 Å². The Morgan fingerprint density at radius 2 is 1.48 bits per heavy atom. The Hall–Kier alpha value is -2.57. The molecule has 6 N–H and O–H groups in total. The number of nitrogens with two attached hydrogens (primary N) is 2. The molecule has 0 saturated carbocycles. The highest BCUT2D eigenvalue weighted by Gasteiger charge is 2.10. The number of nitrogens with one attached hydrogen (secondary N) is 2. The molecule has 0 radical (unpaired) electrons. The molecule has 0 aliphatic carbocycles. The van der Waals surface area contributed by atoms with E-state index in [4.69, 9.17) is 26.7 Å². The lowest BCUT2D eigenvalue weighted by Gasteiger charge is -2.00. The number of amidine groups is 2. The number of thiophene rings is 1. The Labute approximate surface area is 143 Å². The topological polar surface area (TPSA) is 113 Å². The lowest BCUT2D eigenvalue weighted by Crippen LogP contribution is -2.10. The van der Waals surface area contributed by atoms with E-state index in [9.17, 15) is 0 Å². The summed E-state index contributed by atoms with van der Waals surface area (Å²) < 4.78 is 5.86. The summed E-state index contributed by atoms with van der Waals surface area (Å²) in [4.78, 5) is 1.65. The molecule has 2 aromatic heterocycles. The smallest absolute Gasteiger partial charge is 0.144 e. The number of rotatable bonds is 4. The maximum Gasteiger partial charge on any atom is 0.144 e. The molecule has 3 rings (SSSR count). The number of benzene rings is 1. The van der Waals surface area contributed by atoms with E-state index < -0.39 is 0 Å². The molecule has 0 aliphatic heterocycles. The van der Waals surface area contributed by atoms with Crippen molar-refractivity contribution in [3.63, 3.8) is 0 Å². The summed E-state index contributed by atoms with van der Waals surface area (Å²) in [6, 6.07) is 14.8. The van der Waals surface area contributed by atoms with Gasteiger partial charge in [0.1, 0.15) is 23.2 Å². The van der Waals surface area contributed by atoms with E-state index >= 15 is 0 Å². The van der Waals surface area contributed by atoms with Gasteiger partial charge in [0.25, 0.3) is 0 Å². The first-order valence-corrected chi connectivity index (χ1v) is 7.35. The third-order valence-electron chi connectivity index (χ3n) is 3.20. The van der Waals surface area contributed by atoms with Crippen LogP contribution in [0.2, 0.25) is 0 Å². The highest BCUT2D eigenvalue weighted by Crippen LogP contribution is 2.32. The zero-order valence-corrected chi connectivity index (χ0v) is 13.6. The zero-order chi connectivity index (χ0) is 15.7. The number of nitrogen functional groups attached to an aromatic ring is 2. The van der Waals surface area contributed by atoms with Gasteiger partial charge in [0.15, 0.2) is 0 Å². The summed E-state index contributed by atoms with van der Waals surface area (Å²) >= 11 is 1.42. The first-order valence-electron chi connectivity index (χ1n) is 6.54. The number of hydrogen-bond acceptors (Lipinski definition) is 4. The second-order valence-corrected chi connectivity index (χ2v) is 5.82. The molecule has 0 unspecified atom stereocenters. The van der Waals surface area contributed by atoms with E-state index in [1.54, 1.807) is 12.1 Å². The van der Waals surface area contributed by atoms with Gasteiger partial charge in [-0.2, -0.15) is 0 Å². The van der Waals surface area contributed by atoms with E-state index in [1.165, 1.54) is 11.3 Å². The summed E-state index contributed by atoms with van der Waals surface area (Å²) in [6.45, 7) is 0. The van der Waals surface area contributed by atoms with Gasteiger partial charge in [-0.25, -0.2) is 0 Å².